The number of rotatable bonds is 8. The van der Waals surface area contributed by atoms with Gasteiger partial charge in [0, 0.05) is 37.0 Å². The van der Waals surface area contributed by atoms with Crippen molar-refractivity contribution in [3.63, 3.8) is 0 Å². The van der Waals surface area contributed by atoms with Gasteiger partial charge < -0.3 is 20.8 Å². The van der Waals surface area contributed by atoms with E-state index < -0.39 is 6.10 Å². The molecule has 4 heterocycles. The molecule has 33 heavy (non-hydrogen) atoms. The van der Waals surface area contributed by atoms with E-state index in [-0.39, 0.29) is 6.04 Å². The van der Waals surface area contributed by atoms with Crippen LogP contribution in [0.2, 0.25) is 0 Å². The summed E-state index contributed by atoms with van der Waals surface area (Å²) >= 11 is 0. The Morgan fingerprint density at radius 3 is 2.52 bits per heavy atom. The number of aliphatic hydroxyl groups excluding tert-OH is 2. The Balaban J connectivity index is 1.47. The number of piperidine rings is 1. The first kappa shape index (κ1) is 23.3. The number of hydrogen-bond donors (Lipinski definition) is 4. The average molecular weight is 452 g/mol. The van der Waals surface area contributed by atoms with Gasteiger partial charge in [-0.1, -0.05) is 6.07 Å². The molecule has 0 saturated carbocycles. The predicted octanol–water partition coefficient (Wildman–Crippen LogP) is 3.24. The first-order valence-electron chi connectivity index (χ1n) is 11.6. The van der Waals surface area contributed by atoms with Crippen LogP contribution in [0, 0.1) is 5.92 Å². The van der Waals surface area contributed by atoms with Crippen LogP contribution >= 0.6 is 0 Å². The van der Waals surface area contributed by atoms with Gasteiger partial charge in [-0.15, -0.1) is 0 Å². The number of hydrogen-bond acceptors (Lipinski definition) is 9. The molecule has 1 aliphatic heterocycles. The van der Waals surface area contributed by atoms with Crippen molar-refractivity contribution >= 4 is 28.5 Å². The van der Waals surface area contributed by atoms with Gasteiger partial charge in [-0.2, -0.15) is 0 Å². The zero-order chi connectivity index (χ0) is 23.4. The lowest BCUT2D eigenvalue weighted by Gasteiger charge is -2.30. The van der Waals surface area contributed by atoms with E-state index >= 15 is 0 Å². The molecular weight excluding hydrogens is 418 g/mol. The molecule has 0 spiro atoms. The van der Waals surface area contributed by atoms with Crippen molar-refractivity contribution in [1.82, 2.24) is 24.8 Å². The third kappa shape index (κ3) is 5.93. The van der Waals surface area contributed by atoms with Gasteiger partial charge in [0.1, 0.15) is 11.3 Å². The first-order valence-corrected chi connectivity index (χ1v) is 11.6. The molecule has 1 saturated heterocycles. The second kappa shape index (κ2) is 10.4. The SMILES string of the molecule is CC(C)Nc1nc(C(C)O)cc2cnc(Nc3ccc(CN4CCC(CO)CC4)cn3)nc12. The molecule has 0 radical (unpaired) electrons. The number of nitrogens with one attached hydrogen (secondary N) is 2. The van der Waals surface area contributed by atoms with Gasteiger partial charge in [0.05, 0.1) is 11.8 Å². The van der Waals surface area contributed by atoms with Gasteiger partial charge in [0.25, 0.3) is 0 Å². The van der Waals surface area contributed by atoms with E-state index in [1.807, 2.05) is 32.2 Å². The van der Waals surface area contributed by atoms with Crippen LogP contribution in [0.15, 0.2) is 30.6 Å². The number of anilines is 3. The Kier molecular flexibility index (Phi) is 7.32. The summed E-state index contributed by atoms with van der Waals surface area (Å²) in [4.78, 5) is 20.6. The third-order valence-electron chi connectivity index (χ3n) is 5.88. The molecule has 3 aromatic rings. The number of aliphatic hydroxyl groups is 2. The molecular formula is C24H33N7O2. The van der Waals surface area contributed by atoms with Crippen molar-refractivity contribution in [3.05, 3.63) is 41.9 Å². The van der Waals surface area contributed by atoms with Crippen LogP contribution in [-0.2, 0) is 6.54 Å². The van der Waals surface area contributed by atoms with Crippen molar-refractivity contribution < 1.29 is 10.2 Å². The van der Waals surface area contributed by atoms with Crippen LogP contribution in [0.3, 0.4) is 0 Å². The van der Waals surface area contributed by atoms with Crippen LogP contribution in [0.1, 0.15) is 51.0 Å². The van der Waals surface area contributed by atoms with Crippen molar-refractivity contribution in [2.45, 2.75) is 52.3 Å². The molecule has 9 heteroatoms. The van der Waals surface area contributed by atoms with Crippen molar-refractivity contribution in [1.29, 1.82) is 0 Å². The highest BCUT2D eigenvalue weighted by atomic mass is 16.3. The van der Waals surface area contributed by atoms with Gasteiger partial charge in [-0.05, 0) is 70.3 Å². The summed E-state index contributed by atoms with van der Waals surface area (Å²) in [6.45, 7) is 8.92. The number of fused-ring (bicyclic) bond motifs is 1. The molecule has 0 amide bonds. The normalized spacial score (nSPS) is 16.3. The standard InChI is InChI=1S/C24H33N7O2/c1-15(2)27-23-22-19(10-20(28-23)16(3)33)12-26-24(30-22)29-21-5-4-18(11-25-21)13-31-8-6-17(14-32)7-9-31/h4-5,10-12,15-17,32-33H,6-9,13-14H2,1-3H3,(H,27,28)(H,25,26,29,30). The lowest BCUT2D eigenvalue weighted by molar-refractivity contribution is 0.127. The molecule has 1 aliphatic rings. The molecule has 176 valence electrons. The maximum Gasteiger partial charge on any atom is 0.229 e. The number of likely N-dealkylation sites (tertiary alicyclic amines) is 1. The Hall–Kier alpha value is -2.88. The summed E-state index contributed by atoms with van der Waals surface area (Å²) in [5.74, 6) is 2.17. The van der Waals surface area contributed by atoms with Crippen molar-refractivity contribution in [2.24, 2.45) is 5.92 Å². The monoisotopic (exact) mass is 451 g/mol. The molecule has 1 atom stereocenters. The summed E-state index contributed by atoms with van der Waals surface area (Å²) in [7, 11) is 0. The Bertz CT molecular complexity index is 1060. The van der Waals surface area contributed by atoms with E-state index in [1.54, 1.807) is 13.1 Å². The minimum Gasteiger partial charge on any atom is -0.396 e. The van der Waals surface area contributed by atoms with Gasteiger partial charge >= 0.3 is 0 Å². The lowest BCUT2D eigenvalue weighted by atomic mass is 9.98. The largest absolute Gasteiger partial charge is 0.396 e. The summed E-state index contributed by atoms with van der Waals surface area (Å²) in [5.41, 5.74) is 2.42. The number of pyridine rings is 2. The van der Waals surface area contributed by atoms with E-state index in [2.05, 4.69) is 41.5 Å². The van der Waals surface area contributed by atoms with E-state index in [0.717, 1.165) is 43.4 Å². The Labute approximate surface area is 194 Å². The average Bonchev–Trinajstić information content (AvgIpc) is 2.80. The van der Waals surface area contributed by atoms with Crippen LogP contribution in [0.25, 0.3) is 10.9 Å². The molecule has 4 N–H and O–H groups in total. The fourth-order valence-corrected chi connectivity index (χ4v) is 4.00. The minimum atomic E-state index is -0.677. The van der Waals surface area contributed by atoms with Crippen LogP contribution in [-0.4, -0.2) is 60.8 Å². The zero-order valence-electron chi connectivity index (χ0n) is 19.5. The zero-order valence-corrected chi connectivity index (χ0v) is 19.5. The second-order valence-corrected chi connectivity index (χ2v) is 9.08. The highest BCUT2D eigenvalue weighted by molar-refractivity contribution is 5.89. The third-order valence-corrected chi connectivity index (χ3v) is 5.88. The van der Waals surface area contributed by atoms with E-state index in [4.69, 9.17) is 0 Å². The minimum absolute atomic E-state index is 0.167. The van der Waals surface area contributed by atoms with E-state index in [1.165, 1.54) is 0 Å². The number of nitrogens with zero attached hydrogens (tertiary/aromatic N) is 5. The summed E-state index contributed by atoms with van der Waals surface area (Å²) < 4.78 is 0. The molecule has 3 aromatic heterocycles. The van der Waals surface area contributed by atoms with Crippen LogP contribution in [0.5, 0.6) is 0 Å². The van der Waals surface area contributed by atoms with Gasteiger partial charge in [-0.3, -0.25) is 4.90 Å². The highest BCUT2D eigenvalue weighted by Crippen LogP contribution is 2.25. The smallest absolute Gasteiger partial charge is 0.229 e. The van der Waals surface area contributed by atoms with Gasteiger partial charge in [0.15, 0.2) is 5.82 Å². The molecule has 0 aliphatic carbocycles. The van der Waals surface area contributed by atoms with Crippen molar-refractivity contribution in [2.75, 3.05) is 30.3 Å². The molecule has 4 rings (SSSR count). The molecule has 0 bridgehead atoms. The van der Waals surface area contributed by atoms with E-state index in [0.29, 0.717) is 41.3 Å². The molecule has 1 fully saturated rings. The highest BCUT2D eigenvalue weighted by Gasteiger charge is 2.18. The molecule has 9 nitrogen and oxygen atoms in total. The Morgan fingerprint density at radius 2 is 1.88 bits per heavy atom. The number of aromatic nitrogens is 4. The van der Waals surface area contributed by atoms with Crippen molar-refractivity contribution in [3.8, 4) is 0 Å². The maximum atomic E-state index is 9.98. The predicted molar refractivity (Wildman–Crippen MR) is 129 cm³/mol. The summed E-state index contributed by atoms with van der Waals surface area (Å²) in [5, 5.41) is 26.6. The summed E-state index contributed by atoms with van der Waals surface area (Å²) in [6.07, 6.45) is 5.02. The Morgan fingerprint density at radius 1 is 1.09 bits per heavy atom. The lowest BCUT2D eigenvalue weighted by Crippen LogP contribution is -2.34. The van der Waals surface area contributed by atoms with Crippen LogP contribution < -0.4 is 10.6 Å². The maximum absolute atomic E-state index is 9.98. The molecule has 0 aromatic carbocycles. The fourth-order valence-electron chi connectivity index (χ4n) is 4.00. The molecule has 1 unspecified atom stereocenters. The van der Waals surface area contributed by atoms with Crippen LogP contribution in [0.4, 0.5) is 17.6 Å². The quantitative estimate of drug-likeness (QED) is 0.409. The second-order valence-electron chi connectivity index (χ2n) is 9.08. The van der Waals surface area contributed by atoms with Gasteiger partial charge in [0.2, 0.25) is 5.95 Å². The first-order chi connectivity index (χ1) is 15.9. The fraction of sp³-hybridized carbons (Fsp3) is 0.500. The van der Waals surface area contributed by atoms with E-state index in [9.17, 15) is 10.2 Å². The topological polar surface area (TPSA) is 119 Å². The summed E-state index contributed by atoms with van der Waals surface area (Å²) in [6, 6.07) is 5.98. The van der Waals surface area contributed by atoms with Gasteiger partial charge in [-0.25, -0.2) is 19.9 Å².